The van der Waals surface area contributed by atoms with Crippen LogP contribution in [0.2, 0.25) is 0 Å². The van der Waals surface area contributed by atoms with Crippen molar-refractivity contribution in [3.8, 4) is 0 Å². The van der Waals surface area contributed by atoms with Crippen LogP contribution in [0.3, 0.4) is 0 Å². The maximum absolute atomic E-state index is 13.0. The number of amides is 2. The molecule has 1 aliphatic carbocycles. The van der Waals surface area contributed by atoms with Crippen molar-refractivity contribution in [1.29, 1.82) is 0 Å². The maximum atomic E-state index is 13.0. The molecule has 1 saturated carbocycles. The molecule has 9 heteroatoms. The molecular weight excluding hydrogens is 353 g/mol. The Morgan fingerprint density at radius 3 is 2.42 bits per heavy atom. The number of carboxylic acids is 1. The van der Waals surface area contributed by atoms with Gasteiger partial charge in [-0.1, -0.05) is 12.8 Å². The summed E-state index contributed by atoms with van der Waals surface area (Å²) in [4.78, 5) is 24.2. The Bertz CT molecular complexity index is 495. The summed E-state index contributed by atoms with van der Waals surface area (Å²) in [7, 11) is 0. The van der Waals surface area contributed by atoms with E-state index in [1.165, 1.54) is 12.8 Å². The van der Waals surface area contributed by atoms with E-state index in [4.69, 9.17) is 9.84 Å². The van der Waals surface area contributed by atoms with Crippen LogP contribution in [0.5, 0.6) is 0 Å². The molecule has 1 aliphatic heterocycles. The zero-order valence-corrected chi connectivity index (χ0v) is 14.9. The molecule has 0 aromatic carbocycles. The standard InChI is InChI=1S/C17H27F3N2O4/c1-2-26-14(11-5-3-4-6-11)7-8-21-16(25)22-9-12(15(23)24)13(10-22)17(18,19)20/h11-14H,2-10H2,1H3,(H,21,25)(H,23,24)/t12-,13-,14?/m1/s1. The summed E-state index contributed by atoms with van der Waals surface area (Å²) >= 11 is 0. The molecule has 2 aliphatic rings. The van der Waals surface area contributed by atoms with Crippen LogP contribution in [0.4, 0.5) is 18.0 Å². The van der Waals surface area contributed by atoms with Crippen molar-refractivity contribution < 1.29 is 32.6 Å². The lowest BCUT2D eigenvalue weighted by Gasteiger charge is -2.24. The minimum atomic E-state index is -4.64. The average molecular weight is 380 g/mol. The SMILES string of the molecule is CCOC(CCNC(=O)N1C[C@@H](C(F)(F)F)[C@H](C(=O)O)C1)C1CCCC1. The first-order valence-corrected chi connectivity index (χ1v) is 9.18. The fourth-order valence-electron chi connectivity index (χ4n) is 3.98. The molecule has 150 valence electrons. The van der Waals surface area contributed by atoms with Crippen molar-refractivity contribution in [2.24, 2.45) is 17.8 Å². The van der Waals surface area contributed by atoms with Crippen molar-refractivity contribution >= 4 is 12.0 Å². The largest absolute Gasteiger partial charge is 0.481 e. The van der Waals surface area contributed by atoms with Crippen molar-refractivity contribution in [1.82, 2.24) is 10.2 Å². The van der Waals surface area contributed by atoms with Gasteiger partial charge in [-0.25, -0.2) is 4.79 Å². The van der Waals surface area contributed by atoms with E-state index in [0.717, 1.165) is 17.7 Å². The van der Waals surface area contributed by atoms with E-state index in [1.54, 1.807) is 0 Å². The van der Waals surface area contributed by atoms with Gasteiger partial charge < -0.3 is 20.1 Å². The van der Waals surface area contributed by atoms with E-state index in [2.05, 4.69) is 5.32 Å². The second kappa shape index (κ2) is 8.92. The van der Waals surface area contributed by atoms with E-state index in [0.29, 0.717) is 25.5 Å². The molecule has 0 aromatic rings. The van der Waals surface area contributed by atoms with Crippen molar-refractivity contribution in [2.75, 3.05) is 26.2 Å². The summed E-state index contributed by atoms with van der Waals surface area (Å²) in [6, 6.07) is -0.648. The number of carbonyl (C=O) groups excluding carboxylic acids is 1. The van der Waals surface area contributed by atoms with Crippen LogP contribution in [-0.2, 0) is 9.53 Å². The van der Waals surface area contributed by atoms with Crippen LogP contribution >= 0.6 is 0 Å². The second-order valence-electron chi connectivity index (χ2n) is 7.06. The summed E-state index contributed by atoms with van der Waals surface area (Å²) in [5.74, 6) is -4.71. The summed E-state index contributed by atoms with van der Waals surface area (Å²) in [6.45, 7) is 1.74. The predicted molar refractivity (Wildman–Crippen MR) is 87.6 cm³/mol. The number of ether oxygens (including phenoxy) is 1. The second-order valence-corrected chi connectivity index (χ2v) is 7.06. The number of urea groups is 1. The molecule has 1 heterocycles. The van der Waals surface area contributed by atoms with Gasteiger partial charge >= 0.3 is 18.2 Å². The maximum Gasteiger partial charge on any atom is 0.394 e. The first-order chi connectivity index (χ1) is 12.2. The first kappa shape index (κ1) is 20.8. The number of likely N-dealkylation sites (tertiary alicyclic amines) is 1. The Labute approximate surface area is 151 Å². The molecule has 0 radical (unpaired) electrons. The summed E-state index contributed by atoms with van der Waals surface area (Å²) in [5, 5.41) is 11.6. The average Bonchev–Trinajstić information content (AvgIpc) is 3.23. The number of hydrogen-bond acceptors (Lipinski definition) is 3. The molecule has 26 heavy (non-hydrogen) atoms. The number of alkyl halides is 3. The molecule has 1 unspecified atom stereocenters. The van der Waals surface area contributed by atoms with Gasteiger partial charge in [0.1, 0.15) is 0 Å². The van der Waals surface area contributed by atoms with Gasteiger partial charge in [-0.2, -0.15) is 13.2 Å². The number of nitrogens with zero attached hydrogens (tertiary/aromatic N) is 1. The summed E-state index contributed by atoms with van der Waals surface area (Å²) < 4.78 is 44.7. The van der Waals surface area contributed by atoms with Crippen LogP contribution in [-0.4, -0.2) is 60.5 Å². The zero-order valence-electron chi connectivity index (χ0n) is 14.9. The lowest BCUT2D eigenvalue weighted by atomic mass is 9.96. The van der Waals surface area contributed by atoms with Gasteiger partial charge in [0.2, 0.25) is 0 Å². The van der Waals surface area contributed by atoms with Crippen molar-refractivity contribution in [2.45, 2.75) is 51.3 Å². The van der Waals surface area contributed by atoms with Gasteiger partial charge in [0.15, 0.2) is 0 Å². The number of hydrogen-bond donors (Lipinski definition) is 2. The first-order valence-electron chi connectivity index (χ1n) is 9.18. The molecule has 2 N–H and O–H groups in total. The molecule has 0 spiro atoms. The molecule has 0 bridgehead atoms. The highest BCUT2D eigenvalue weighted by atomic mass is 19.4. The summed E-state index contributed by atoms with van der Waals surface area (Å²) in [5.41, 5.74) is 0. The lowest BCUT2D eigenvalue weighted by molar-refractivity contribution is -0.187. The van der Waals surface area contributed by atoms with Crippen LogP contribution in [0, 0.1) is 17.8 Å². The van der Waals surface area contributed by atoms with Crippen molar-refractivity contribution in [3.63, 3.8) is 0 Å². The van der Waals surface area contributed by atoms with Gasteiger partial charge in [-0.05, 0) is 32.1 Å². The molecule has 2 amide bonds. The Kier molecular flexibility index (Phi) is 7.14. The van der Waals surface area contributed by atoms with Gasteiger partial charge in [0.05, 0.1) is 17.9 Å². The number of aliphatic carboxylic acids is 1. The van der Waals surface area contributed by atoms with Gasteiger partial charge in [-0.3, -0.25) is 4.79 Å². The zero-order chi connectivity index (χ0) is 19.3. The number of carbonyl (C=O) groups is 2. The molecule has 0 aromatic heterocycles. The monoisotopic (exact) mass is 380 g/mol. The molecular formula is C17H27F3N2O4. The van der Waals surface area contributed by atoms with Crippen LogP contribution in [0.25, 0.3) is 0 Å². The fourth-order valence-corrected chi connectivity index (χ4v) is 3.98. The normalized spacial score (nSPS) is 25.5. The van der Waals surface area contributed by atoms with E-state index >= 15 is 0 Å². The van der Waals surface area contributed by atoms with E-state index in [-0.39, 0.29) is 6.10 Å². The smallest absolute Gasteiger partial charge is 0.394 e. The minimum absolute atomic E-state index is 0.0380. The molecule has 3 atom stereocenters. The Morgan fingerprint density at radius 2 is 1.92 bits per heavy atom. The summed E-state index contributed by atoms with van der Waals surface area (Å²) in [6.07, 6.45) is 0.532. The quantitative estimate of drug-likeness (QED) is 0.712. The van der Waals surface area contributed by atoms with Crippen molar-refractivity contribution in [3.05, 3.63) is 0 Å². The third-order valence-corrected chi connectivity index (χ3v) is 5.36. The number of carboxylic acid groups (broad SMARTS) is 1. The lowest BCUT2D eigenvalue weighted by Crippen LogP contribution is -2.41. The van der Waals surface area contributed by atoms with Gasteiger partial charge in [0.25, 0.3) is 0 Å². The van der Waals surface area contributed by atoms with Crippen LogP contribution < -0.4 is 5.32 Å². The molecule has 6 nitrogen and oxygen atoms in total. The predicted octanol–water partition coefficient (Wildman–Crippen LogP) is 2.88. The highest BCUT2D eigenvalue weighted by Gasteiger charge is 2.53. The highest BCUT2D eigenvalue weighted by molar-refractivity contribution is 5.77. The number of rotatable bonds is 7. The van der Waals surface area contributed by atoms with E-state index < -0.39 is 43.1 Å². The van der Waals surface area contributed by atoms with Crippen LogP contribution in [0.15, 0.2) is 0 Å². The van der Waals surface area contributed by atoms with Gasteiger partial charge in [-0.15, -0.1) is 0 Å². The van der Waals surface area contributed by atoms with Gasteiger partial charge in [0, 0.05) is 26.2 Å². The fraction of sp³-hybridized carbons (Fsp3) is 0.882. The van der Waals surface area contributed by atoms with Crippen LogP contribution in [0.1, 0.15) is 39.0 Å². The number of halogens is 3. The molecule has 2 fully saturated rings. The Balaban J connectivity index is 1.84. The number of nitrogens with one attached hydrogen (secondary N) is 1. The van der Waals surface area contributed by atoms with E-state index in [1.807, 2.05) is 6.92 Å². The molecule has 1 saturated heterocycles. The third-order valence-electron chi connectivity index (χ3n) is 5.36. The van der Waals surface area contributed by atoms with E-state index in [9.17, 15) is 22.8 Å². The molecule has 2 rings (SSSR count). The highest BCUT2D eigenvalue weighted by Crippen LogP contribution is 2.37. The minimum Gasteiger partial charge on any atom is -0.481 e. The topological polar surface area (TPSA) is 78.9 Å². The third kappa shape index (κ3) is 5.25. The Hall–Kier alpha value is -1.51. The Morgan fingerprint density at radius 1 is 1.27 bits per heavy atom.